The van der Waals surface area contributed by atoms with Gasteiger partial charge in [-0.2, -0.15) is 4.98 Å². The molecular formula is C13H20N6O. The molecule has 108 valence electrons. The maximum Gasteiger partial charge on any atom is 0.245 e. The van der Waals surface area contributed by atoms with Crippen LogP contribution in [0.2, 0.25) is 0 Å². The molecular weight excluding hydrogens is 256 g/mol. The number of likely N-dealkylation sites (tertiary alicyclic amines) is 1. The van der Waals surface area contributed by atoms with Gasteiger partial charge in [-0.25, -0.2) is 9.97 Å². The minimum Gasteiger partial charge on any atom is -0.479 e. The van der Waals surface area contributed by atoms with Crippen LogP contribution in [0, 0.1) is 0 Å². The molecule has 1 aliphatic rings. The summed E-state index contributed by atoms with van der Waals surface area (Å²) in [6, 6.07) is 0.220. The van der Waals surface area contributed by atoms with Gasteiger partial charge in [-0.3, -0.25) is 4.57 Å². The van der Waals surface area contributed by atoms with E-state index in [1.165, 1.54) is 19.2 Å². The fourth-order valence-electron chi connectivity index (χ4n) is 2.91. The summed E-state index contributed by atoms with van der Waals surface area (Å²) in [7, 11) is 1.57. The smallest absolute Gasteiger partial charge is 0.245 e. The molecule has 0 radical (unpaired) electrons. The number of nitrogens with two attached hydrogens (primary N) is 1. The van der Waals surface area contributed by atoms with E-state index in [4.69, 9.17) is 10.5 Å². The molecule has 1 saturated heterocycles. The molecule has 0 saturated carbocycles. The van der Waals surface area contributed by atoms with Crippen LogP contribution in [0.4, 0.5) is 5.95 Å². The van der Waals surface area contributed by atoms with Crippen molar-refractivity contribution in [2.75, 3.05) is 32.5 Å². The first kappa shape index (κ1) is 13.1. The molecule has 1 fully saturated rings. The number of nitrogen functional groups attached to an aromatic ring is 1. The van der Waals surface area contributed by atoms with E-state index in [1.54, 1.807) is 7.11 Å². The van der Waals surface area contributed by atoms with Gasteiger partial charge in [0, 0.05) is 12.6 Å². The van der Waals surface area contributed by atoms with Gasteiger partial charge >= 0.3 is 0 Å². The summed E-state index contributed by atoms with van der Waals surface area (Å²) in [5.41, 5.74) is 7.42. The Kier molecular flexibility index (Phi) is 3.43. The molecule has 0 aliphatic carbocycles. The highest BCUT2D eigenvalue weighted by atomic mass is 16.5. The van der Waals surface area contributed by atoms with Crippen molar-refractivity contribution in [2.45, 2.75) is 25.8 Å². The summed E-state index contributed by atoms with van der Waals surface area (Å²) < 4.78 is 7.19. The standard InChI is InChI=1S/C13H20N6O/c1-9(7-18-5-3-4-6-18)19-11-10(17-13(19)14)12(20-2)16-8-15-11/h8-9H,3-7H2,1-2H3,(H2,14,17). The molecule has 0 amide bonds. The van der Waals surface area contributed by atoms with Gasteiger partial charge < -0.3 is 15.4 Å². The summed E-state index contributed by atoms with van der Waals surface area (Å²) in [6.07, 6.45) is 4.05. The fourth-order valence-corrected chi connectivity index (χ4v) is 2.91. The van der Waals surface area contributed by atoms with Crippen molar-refractivity contribution in [3.8, 4) is 5.88 Å². The monoisotopic (exact) mass is 276 g/mol. The molecule has 0 spiro atoms. The summed E-state index contributed by atoms with van der Waals surface area (Å²) in [4.78, 5) is 15.2. The van der Waals surface area contributed by atoms with E-state index in [-0.39, 0.29) is 6.04 Å². The minimum atomic E-state index is 0.220. The maximum atomic E-state index is 6.06. The van der Waals surface area contributed by atoms with Gasteiger partial charge in [-0.1, -0.05) is 0 Å². The number of anilines is 1. The van der Waals surface area contributed by atoms with Crippen molar-refractivity contribution in [3.05, 3.63) is 6.33 Å². The normalized spacial score (nSPS) is 17.7. The van der Waals surface area contributed by atoms with Crippen molar-refractivity contribution >= 4 is 17.1 Å². The SMILES string of the molecule is COc1ncnc2c1nc(N)n2C(C)CN1CCCC1. The van der Waals surface area contributed by atoms with Crippen LogP contribution in [0.25, 0.3) is 11.2 Å². The van der Waals surface area contributed by atoms with Gasteiger partial charge in [0.25, 0.3) is 0 Å². The Morgan fingerprint density at radius 2 is 2.10 bits per heavy atom. The van der Waals surface area contributed by atoms with Crippen LogP contribution < -0.4 is 10.5 Å². The first-order chi connectivity index (χ1) is 9.70. The molecule has 3 heterocycles. The third-order valence-electron chi connectivity index (χ3n) is 3.83. The minimum absolute atomic E-state index is 0.220. The van der Waals surface area contributed by atoms with Gasteiger partial charge in [0.2, 0.25) is 11.8 Å². The average Bonchev–Trinajstić information content (AvgIpc) is 3.04. The number of hydrogen-bond acceptors (Lipinski definition) is 6. The van der Waals surface area contributed by atoms with Crippen LogP contribution in [-0.4, -0.2) is 51.2 Å². The quantitative estimate of drug-likeness (QED) is 0.899. The van der Waals surface area contributed by atoms with Crippen LogP contribution in [0.15, 0.2) is 6.33 Å². The Balaban J connectivity index is 1.95. The van der Waals surface area contributed by atoms with E-state index < -0.39 is 0 Å². The van der Waals surface area contributed by atoms with Gasteiger partial charge in [-0.05, 0) is 32.9 Å². The number of fused-ring (bicyclic) bond motifs is 1. The molecule has 0 aromatic carbocycles. The molecule has 2 aromatic heterocycles. The number of aromatic nitrogens is 4. The van der Waals surface area contributed by atoms with E-state index in [1.807, 2.05) is 4.57 Å². The van der Waals surface area contributed by atoms with Crippen molar-refractivity contribution < 1.29 is 4.74 Å². The van der Waals surface area contributed by atoms with Gasteiger partial charge in [0.1, 0.15) is 6.33 Å². The highest BCUT2D eigenvalue weighted by molar-refractivity contribution is 5.79. The average molecular weight is 276 g/mol. The number of imidazole rings is 1. The number of nitrogens with zero attached hydrogens (tertiary/aromatic N) is 5. The zero-order valence-electron chi connectivity index (χ0n) is 11.9. The number of methoxy groups -OCH3 is 1. The topological polar surface area (TPSA) is 82.1 Å². The van der Waals surface area contributed by atoms with E-state index in [0.29, 0.717) is 17.3 Å². The highest BCUT2D eigenvalue weighted by Gasteiger charge is 2.21. The number of rotatable bonds is 4. The lowest BCUT2D eigenvalue weighted by atomic mass is 10.3. The first-order valence-corrected chi connectivity index (χ1v) is 6.95. The van der Waals surface area contributed by atoms with E-state index in [2.05, 4.69) is 26.8 Å². The zero-order valence-corrected chi connectivity index (χ0v) is 11.9. The van der Waals surface area contributed by atoms with E-state index in [0.717, 1.165) is 25.3 Å². The van der Waals surface area contributed by atoms with Crippen molar-refractivity contribution in [3.63, 3.8) is 0 Å². The second-order valence-corrected chi connectivity index (χ2v) is 5.25. The van der Waals surface area contributed by atoms with Crippen LogP contribution in [0.5, 0.6) is 5.88 Å². The molecule has 20 heavy (non-hydrogen) atoms. The fraction of sp³-hybridized carbons (Fsp3) is 0.615. The Labute approximate surface area is 117 Å². The lowest BCUT2D eigenvalue weighted by Crippen LogP contribution is -2.27. The molecule has 7 nitrogen and oxygen atoms in total. The third-order valence-corrected chi connectivity index (χ3v) is 3.83. The summed E-state index contributed by atoms with van der Waals surface area (Å²) in [5, 5.41) is 0. The predicted octanol–water partition coefficient (Wildman–Crippen LogP) is 1.07. The van der Waals surface area contributed by atoms with Crippen LogP contribution in [0.3, 0.4) is 0 Å². The van der Waals surface area contributed by atoms with Crippen LogP contribution in [-0.2, 0) is 0 Å². The molecule has 2 aromatic rings. The molecule has 1 aliphatic heterocycles. The highest BCUT2D eigenvalue weighted by Crippen LogP contribution is 2.26. The van der Waals surface area contributed by atoms with Crippen molar-refractivity contribution in [1.29, 1.82) is 0 Å². The van der Waals surface area contributed by atoms with Gasteiger partial charge in [0.05, 0.1) is 7.11 Å². The lowest BCUT2D eigenvalue weighted by molar-refractivity contribution is 0.291. The molecule has 0 bridgehead atoms. The first-order valence-electron chi connectivity index (χ1n) is 6.95. The van der Waals surface area contributed by atoms with E-state index in [9.17, 15) is 0 Å². The zero-order chi connectivity index (χ0) is 14.1. The van der Waals surface area contributed by atoms with Crippen LogP contribution in [0.1, 0.15) is 25.8 Å². The maximum absolute atomic E-state index is 6.06. The number of ether oxygens (including phenoxy) is 1. The predicted molar refractivity (Wildman–Crippen MR) is 76.7 cm³/mol. The lowest BCUT2D eigenvalue weighted by Gasteiger charge is -2.22. The molecule has 3 rings (SSSR count). The summed E-state index contributed by atoms with van der Waals surface area (Å²) >= 11 is 0. The summed E-state index contributed by atoms with van der Waals surface area (Å²) in [6.45, 7) is 5.43. The number of hydrogen-bond donors (Lipinski definition) is 1. The van der Waals surface area contributed by atoms with Crippen molar-refractivity contribution in [2.24, 2.45) is 0 Å². The molecule has 7 heteroatoms. The molecule has 1 unspecified atom stereocenters. The van der Waals surface area contributed by atoms with Crippen molar-refractivity contribution in [1.82, 2.24) is 24.4 Å². The Morgan fingerprint density at radius 3 is 2.80 bits per heavy atom. The van der Waals surface area contributed by atoms with E-state index >= 15 is 0 Å². The largest absolute Gasteiger partial charge is 0.479 e. The van der Waals surface area contributed by atoms with Crippen LogP contribution >= 0.6 is 0 Å². The second-order valence-electron chi connectivity index (χ2n) is 5.25. The Bertz CT molecular complexity index is 604. The molecule has 1 atom stereocenters. The van der Waals surface area contributed by atoms with Gasteiger partial charge in [-0.15, -0.1) is 0 Å². The summed E-state index contributed by atoms with van der Waals surface area (Å²) in [5.74, 6) is 0.930. The third kappa shape index (κ3) is 2.18. The second kappa shape index (κ2) is 5.24. The Hall–Kier alpha value is -1.89. The molecule has 2 N–H and O–H groups in total. The van der Waals surface area contributed by atoms with Gasteiger partial charge in [0.15, 0.2) is 11.2 Å². The Morgan fingerprint density at radius 1 is 1.35 bits per heavy atom.